The highest BCUT2D eigenvalue weighted by Crippen LogP contribution is 2.21. The van der Waals surface area contributed by atoms with Gasteiger partial charge in [0.15, 0.2) is 5.82 Å². The van der Waals surface area contributed by atoms with Crippen molar-refractivity contribution in [3.05, 3.63) is 79.0 Å². The van der Waals surface area contributed by atoms with Crippen molar-refractivity contribution < 1.29 is 0 Å². The molecule has 0 unspecified atom stereocenters. The lowest BCUT2D eigenvalue weighted by atomic mass is 10.1. The summed E-state index contributed by atoms with van der Waals surface area (Å²) in [5.74, 6) is 0.594. The van der Waals surface area contributed by atoms with Gasteiger partial charge >= 0.3 is 0 Å². The van der Waals surface area contributed by atoms with Gasteiger partial charge in [0, 0.05) is 10.0 Å². The Morgan fingerprint density at radius 1 is 1.08 bits per heavy atom. The van der Waals surface area contributed by atoms with E-state index >= 15 is 0 Å². The Kier molecular flexibility index (Phi) is 3.78. The number of aromatic nitrogens is 3. The van der Waals surface area contributed by atoms with Crippen LogP contribution in [0.3, 0.4) is 0 Å². The summed E-state index contributed by atoms with van der Waals surface area (Å²) < 4.78 is 3.18. The van der Waals surface area contributed by atoms with Gasteiger partial charge in [-0.1, -0.05) is 69.7 Å². The van der Waals surface area contributed by atoms with Crippen LogP contribution >= 0.6 is 27.3 Å². The number of hydrogen-bond acceptors (Lipinski definition) is 4. The van der Waals surface area contributed by atoms with Gasteiger partial charge in [-0.3, -0.25) is 4.79 Å². The summed E-state index contributed by atoms with van der Waals surface area (Å²) in [6, 6.07) is 15.7. The predicted molar refractivity (Wildman–Crippen MR) is 100 cm³/mol. The Bertz CT molecular complexity index is 1160. The molecule has 0 bridgehead atoms. The maximum Gasteiger partial charge on any atom is 0.276 e. The highest BCUT2D eigenvalue weighted by atomic mass is 79.9. The standard InChI is InChI=1S/C18H12BrN3OS/c1-11-6-2-4-8-13(11)16-20-21-18-22(16)17(23)15(24-18)10-12-7-3-5-9-14(12)19/h2-10H,1H3/b15-10-. The average Bonchev–Trinajstić information content (AvgIpc) is 3.11. The van der Waals surface area contributed by atoms with Crippen LogP contribution in [0.1, 0.15) is 11.1 Å². The molecule has 4 rings (SSSR count). The Hall–Kier alpha value is -2.31. The monoisotopic (exact) mass is 397 g/mol. The molecule has 24 heavy (non-hydrogen) atoms. The summed E-state index contributed by atoms with van der Waals surface area (Å²) in [5.41, 5.74) is 2.86. The fourth-order valence-corrected chi connectivity index (χ4v) is 3.90. The maximum absolute atomic E-state index is 12.9. The lowest BCUT2D eigenvalue weighted by molar-refractivity contribution is 1.09. The highest BCUT2D eigenvalue weighted by molar-refractivity contribution is 9.10. The number of halogens is 1. The molecule has 0 aliphatic rings. The Balaban J connectivity index is 1.97. The molecule has 2 aromatic carbocycles. The third kappa shape index (κ3) is 2.48. The topological polar surface area (TPSA) is 47.3 Å². The summed E-state index contributed by atoms with van der Waals surface area (Å²) >= 11 is 4.86. The number of aryl methyl sites for hydroxylation is 1. The molecule has 0 fully saturated rings. The Morgan fingerprint density at radius 3 is 2.62 bits per heavy atom. The molecule has 0 amide bonds. The van der Waals surface area contributed by atoms with Gasteiger partial charge in [-0.25, -0.2) is 4.40 Å². The lowest BCUT2D eigenvalue weighted by Gasteiger charge is -2.01. The van der Waals surface area contributed by atoms with E-state index in [1.807, 2.05) is 61.5 Å². The predicted octanol–water partition coefficient (Wildman–Crippen LogP) is 3.44. The van der Waals surface area contributed by atoms with Gasteiger partial charge in [-0.2, -0.15) is 0 Å². The molecule has 4 nitrogen and oxygen atoms in total. The zero-order chi connectivity index (χ0) is 16.7. The van der Waals surface area contributed by atoms with Crippen molar-refractivity contribution in [2.24, 2.45) is 0 Å². The lowest BCUT2D eigenvalue weighted by Crippen LogP contribution is -2.23. The Morgan fingerprint density at radius 2 is 1.83 bits per heavy atom. The average molecular weight is 398 g/mol. The number of nitrogens with zero attached hydrogens (tertiary/aromatic N) is 3. The smallest absolute Gasteiger partial charge is 0.267 e. The molecule has 0 saturated heterocycles. The highest BCUT2D eigenvalue weighted by Gasteiger charge is 2.15. The van der Waals surface area contributed by atoms with Crippen LogP contribution in [0.25, 0.3) is 22.4 Å². The fourth-order valence-electron chi connectivity index (χ4n) is 2.59. The van der Waals surface area contributed by atoms with E-state index < -0.39 is 0 Å². The van der Waals surface area contributed by atoms with E-state index in [9.17, 15) is 4.79 Å². The molecule has 0 aliphatic heterocycles. The first-order chi connectivity index (χ1) is 11.6. The number of thiazole rings is 1. The van der Waals surface area contributed by atoms with E-state index in [1.165, 1.54) is 11.3 Å². The molecule has 118 valence electrons. The van der Waals surface area contributed by atoms with Crippen molar-refractivity contribution in [2.45, 2.75) is 6.92 Å². The molecule has 0 atom stereocenters. The number of rotatable bonds is 2. The first kappa shape index (κ1) is 15.2. The van der Waals surface area contributed by atoms with Crippen LogP contribution in [-0.4, -0.2) is 14.6 Å². The SMILES string of the molecule is Cc1ccccc1-c1nnc2s/c(=C\c3ccccc3Br)c(=O)n12. The van der Waals surface area contributed by atoms with Gasteiger partial charge in [-0.15, -0.1) is 10.2 Å². The van der Waals surface area contributed by atoms with Gasteiger partial charge in [0.05, 0.1) is 4.53 Å². The summed E-state index contributed by atoms with van der Waals surface area (Å²) in [6.07, 6.45) is 1.88. The van der Waals surface area contributed by atoms with Gasteiger partial charge in [0.25, 0.3) is 5.56 Å². The van der Waals surface area contributed by atoms with Crippen molar-refractivity contribution in [2.75, 3.05) is 0 Å². The van der Waals surface area contributed by atoms with E-state index in [0.29, 0.717) is 15.3 Å². The van der Waals surface area contributed by atoms with Crippen LogP contribution < -0.4 is 10.1 Å². The van der Waals surface area contributed by atoms with E-state index in [0.717, 1.165) is 21.2 Å². The first-order valence-corrected chi connectivity index (χ1v) is 8.96. The maximum atomic E-state index is 12.9. The zero-order valence-electron chi connectivity index (χ0n) is 12.7. The fraction of sp³-hybridized carbons (Fsp3) is 0.0556. The van der Waals surface area contributed by atoms with Crippen LogP contribution in [0.15, 0.2) is 57.8 Å². The second-order valence-corrected chi connectivity index (χ2v) is 7.26. The quantitative estimate of drug-likeness (QED) is 0.520. The molecule has 0 radical (unpaired) electrons. The normalized spacial score (nSPS) is 12.2. The van der Waals surface area contributed by atoms with Crippen molar-refractivity contribution in [3.63, 3.8) is 0 Å². The second-order valence-electron chi connectivity index (χ2n) is 5.39. The molecule has 6 heteroatoms. The van der Waals surface area contributed by atoms with Crippen molar-refractivity contribution >= 4 is 38.3 Å². The molecule has 0 saturated carbocycles. The van der Waals surface area contributed by atoms with Crippen LogP contribution in [-0.2, 0) is 0 Å². The van der Waals surface area contributed by atoms with E-state index in [-0.39, 0.29) is 5.56 Å². The summed E-state index contributed by atoms with van der Waals surface area (Å²) in [7, 11) is 0. The summed E-state index contributed by atoms with van der Waals surface area (Å²) in [5, 5.41) is 8.39. The summed E-state index contributed by atoms with van der Waals surface area (Å²) in [4.78, 5) is 13.5. The Labute approximate surface area is 150 Å². The minimum atomic E-state index is -0.0889. The van der Waals surface area contributed by atoms with Crippen LogP contribution in [0, 0.1) is 6.92 Å². The molecule has 4 aromatic rings. The van der Waals surface area contributed by atoms with Crippen LogP contribution in [0.5, 0.6) is 0 Å². The van der Waals surface area contributed by atoms with Gasteiger partial charge < -0.3 is 0 Å². The van der Waals surface area contributed by atoms with Gasteiger partial charge in [-0.05, 0) is 30.2 Å². The van der Waals surface area contributed by atoms with E-state index in [1.54, 1.807) is 4.40 Å². The first-order valence-electron chi connectivity index (χ1n) is 7.35. The zero-order valence-corrected chi connectivity index (χ0v) is 15.1. The molecule has 0 N–H and O–H groups in total. The largest absolute Gasteiger partial charge is 0.276 e. The second kappa shape index (κ2) is 5.96. The van der Waals surface area contributed by atoms with Crippen LogP contribution in [0.4, 0.5) is 0 Å². The summed E-state index contributed by atoms with van der Waals surface area (Å²) in [6.45, 7) is 2.00. The molecular weight excluding hydrogens is 386 g/mol. The molecule has 2 aromatic heterocycles. The van der Waals surface area contributed by atoms with Gasteiger partial charge in [0.2, 0.25) is 4.96 Å². The van der Waals surface area contributed by atoms with Crippen molar-refractivity contribution in [1.29, 1.82) is 0 Å². The third-order valence-corrected chi connectivity index (χ3v) is 5.51. The number of fused-ring (bicyclic) bond motifs is 1. The van der Waals surface area contributed by atoms with Crippen molar-refractivity contribution in [3.8, 4) is 11.4 Å². The minimum absolute atomic E-state index is 0.0889. The van der Waals surface area contributed by atoms with Gasteiger partial charge in [0.1, 0.15) is 0 Å². The van der Waals surface area contributed by atoms with Crippen LogP contribution in [0.2, 0.25) is 0 Å². The number of hydrogen-bond donors (Lipinski definition) is 0. The number of benzene rings is 2. The van der Waals surface area contributed by atoms with E-state index in [4.69, 9.17) is 0 Å². The van der Waals surface area contributed by atoms with Crippen molar-refractivity contribution in [1.82, 2.24) is 14.6 Å². The molecule has 2 heterocycles. The molecule has 0 aliphatic carbocycles. The van der Waals surface area contributed by atoms with E-state index in [2.05, 4.69) is 26.1 Å². The third-order valence-electron chi connectivity index (χ3n) is 3.83. The minimum Gasteiger partial charge on any atom is -0.267 e. The molecular formula is C18H12BrN3OS. The molecule has 0 spiro atoms.